The number of ether oxygens (including phenoxy) is 2. The first kappa shape index (κ1) is 16.0. The van der Waals surface area contributed by atoms with Crippen LogP contribution in [0.2, 0.25) is 19.6 Å². The van der Waals surface area contributed by atoms with Crippen molar-refractivity contribution in [3.8, 4) is 11.5 Å². The van der Waals surface area contributed by atoms with Crippen LogP contribution in [0.25, 0.3) is 0 Å². The van der Waals surface area contributed by atoms with Gasteiger partial charge in [-0.1, -0.05) is 37.7 Å². The lowest BCUT2D eigenvalue weighted by Crippen LogP contribution is -2.16. The molecule has 0 aromatic heterocycles. The highest BCUT2D eigenvalue weighted by atomic mass is 28.3. The van der Waals surface area contributed by atoms with Crippen molar-refractivity contribution < 1.29 is 9.47 Å². The molecular formula is C16H24O2Si. The zero-order chi connectivity index (χ0) is 14.3. The van der Waals surface area contributed by atoms with Crippen LogP contribution in [-0.2, 0) is 9.47 Å². The predicted octanol–water partition coefficient (Wildman–Crippen LogP) is 3.99. The molecule has 0 atom stereocenters. The van der Waals surface area contributed by atoms with Crippen LogP contribution < -0.4 is 0 Å². The molecule has 0 aliphatic carbocycles. The predicted molar refractivity (Wildman–Crippen MR) is 82.7 cm³/mol. The average Bonchev–Trinajstić information content (AvgIpc) is 2.36. The molecule has 0 saturated carbocycles. The topological polar surface area (TPSA) is 18.5 Å². The van der Waals surface area contributed by atoms with Crippen LogP contribution in [-0.4, -0.2) is 21.3 Å². The van der Waals surface area contributed by atoms with Crippen LogP contribution in [0.15, 0.2) is 24.3 Å². The Morgan fingerprint density at radius 1 is 1.00 bits per heavy atom. The summed E-state index contributed by atoms with van der Waals surface area (Å²) in [4.78, 5) is 0. The minimum Gasteiger partial charge on any atom is -0.349 e. The van der Waals surface area contributed by atoms with Gasteiger partial charge in [0.2, 0.25) is 0 Å². The Kier molecular flexibility index (Phi) is 6.30. The van der Waals surface area contributed by atoms with Crippen LogP contribution in [0, 0.1) is 11.5 Å². The smallest absolute Gasteiger partial charge is 0.183 e. The zero-order valence-electron chi connectivity index (χ0n) is 12.6. The Balaban J connectivity index is 2.81. The molecule has 1 aromatic rings. The van der Waals surface area contributed by atoms with E-state index in [2.05, 4.69) is 31.1 Å². The Morgan fingerprint density at radius 2 is 1.53 bits per heavy atom. The Morgan fingerprint density at radius 3 is 1.95 bits per heavy atom. The molecule has 0 N–H and O–H groups in total. The molecule has 104 valence electrons. The van der Waals surface area contributed by atoms with E-state index < -0.39 is 8.07 Å². The van der Waals surface area contributed by atoms with Gasteiger partial charge in [0.05, 0.1) is 0 Å². The maximum Gasteiger partial charge on any atom is 0.183 e. The second-order valence-electron chi connectivity index (χ2n) is 5.36. The molecule has 0 fully saturated rings. The van der Waals surface area contributed by atoms with E-state index in [1.54, 1.807) is 0 Å². The van der Waals surface area contributed by atoms with Gasteiger partial charge in [-0.25, -0.2) is 0 Å². The second-order valence-corrected chi connectivity index (χ2v) is 10.1. The van der Waals surface area contributed by atoms with E-state index in [4.69, 9.17) is 9.47 Å². The van der Waals surface area contributed by atoms with E-state index in [9.17, 15) is 0 Å². The van der Waals surface area contributed by atoms with Crippen molar-refractivity contribution in [1.29, 1.82) is 0 Å². The molecule has 0 unspecified atom stereocenters. The van der Waals surface area contributed by atoms with E-state index in [-0.39, 0.29) is 6.29 Å². The maximum absolute atomic E-state index is 5.57. The van der Waals surface area contributed by atoms with Gasteiger partial charge in [0.1, 0.15) is 8.07 Å². The number of hydrogen-bond donors (Lipinski definition) is 0. The van der Waals surface area contributed by atoms with Crippen molar-refractivity contribution in [1.82, 2.24) is 0 Å². The molecule has 0 amide bonds. The minimum atomic E-state index is -1.31. The fourth-order valence-corrected chi connectivity index (χ4v) is 2.05. The quantitative estimate of drug-likeness (QED) is 0.460. The minimum absolute atomic E-state index is 0.269. The number of hydrogen-bond acceptors (Lipinski definition) is 2. The normalized spacial score (nSPS) is 11.3. The zero-order valence-corrected chi connectivity index (χ0v) is 13.6. The van der Waals surface area contributed by atoms with Gasteiger partial charge in [0, 0.05) is 24.3 Å². The summed E-state index contributed by atoms with van der Waals surface area (Å²) in [6.45, 7) is 12.0. The van der Waals surface area contributed by atoms with Crippen LogP contribution in [0.4, 0.5) is 0 Å². The van der Waals surface area contributed by atoms with Crippen molar-refractivity contribution in [3.63, 3.8) is 0 Å². The second kappa shape index (κ2) is 7.49. The molecule has 0 radical (unpaired) electrons. The highest BCUT2D eigenvalue weighted by Gasteiger charge is 2.11. The molecular weight excluding hydrogens is 252 g/mol. The molecule has 0 aliphatic rings. The van der Waals surface area contributed by atoms with E-state index in [1.807, 2.05) is 38.1 Å². The van der Waals surface area contributed by atoms with Crippen LogP contribution in [0.1, 0.15) is 31.3 Å². The highest BCUT2D eigenvalue weighted by molar-refractivity contribution is 6.83. The monoisotopic (exact) mass is 276 g/mol. The number of rotatable bonds is 5. The van der Waals surface area contributed by atoms with Crippen molar-refractivity contribution in [2.75, 3.05) is 13.2 Å². The molecule has 1 aromatic carbocycles. The van der Waals surface area contributed by atoms with Gasteiger partial charge in [-0.05, 0) is 26.0 Å². The molecule has 1 rings (SSSR count). The lowest BCUT2D eigenvalue weighted by Gasteiger charge is -2.17. The fraction of sp³-hybridized carbons (Fsp3) is 0.500. The van der Waals surface area contributed by atoms with E-state index in [0.717, 1.165) is 11.1 Å². The van der Waals surface area contributed by atoms with Gasteiger partial charge in [0.15, 0.2) is 6.29 Å². The summed E-state index contributed by atoms with van der Waals surface area (Å²) in [7, 11) is -1.31. The molecule has 0 aliphatic heterocycles. The van der Waals surface area contributed by atoms with Gasteiger partial charge in [0.25, 0.3) is 0 Å². The third-order valence-electron chi connectivity index (χ3n) is 2.40. The van der Waals surface area contributed by atoms with Gasteiger partial charge in [-0.3, -0.25) is 0 Å². The Labute approximate surface area is 118 Å². The van der Waals surface area contributed by atoms with Crippen molar-refractivity contribution in [3.05, 3.63) is 35.4 Å². The Hall–Kier alpha value is -1.08. The third-order valence-corrected chi connectivity index (χ3v) is 3.28. The third kappa shape index (κ3) is 6.06. The summed E-state index contributed by atoms with van der Waals surface area (Å²) in [6, 6.07) is 8.13. The van der Waals surface area contributed by atoms with Gasteiger partial charge in [-0.2, -0.15) is 0 Å². The van der Waals surface area contributed by atoms with Crippen LogP contribution in [0.5, 0.6) is 0 Å². The standard InChI is InChI=1S/C16H24O2Si/c1-6-17-16(18-7-2)15-10-8-14(9-11-15)12-13-19(3,4)5/h8-11,16H,6-7H2,1-5H3. The summed E-state index contributed by atoms with van der Waals surface area (Å²) < 4.78 is 11.1. The van der Waals surface area contributed by atoms with Crippen molar-refractivity contribution >= 4 is 8.07 Å². The average molecular weight is 276 g/mol. The summed E-state index contributed by atoms with van der Waals surface area (Å²) in [5.41, 5.74) is 5.46. The first-order chi connectivity index (χ1) is 8.96. The largest absolute Gasteiger partial charge is 0.349 e. The molecule has 2 nitrogen and oxygen atoms in total. The molecule has 0 spiro atoms. The van der Waals surface area contributed by atoms with Gasteiger partial charge in [-0.15, -0.1) is 5.54 Å². The lowest BCUT2D eigenvalue weighted by molar-refractivity contribution is -0.140. The van der Waals surface area contributed by atoms with Gasteiger partial charge < -0.3 is 9.47 Å². The fourth-order valence-electron chi connectivity index (χ4n) is 1.53. The van der Waals surface area contributed by atoms with E-state index >= 15 is 0 Å². The van der Waals surface area contributed by atoms with Crippen molar-refractivity contribution in [2.45, 2.75) is 39.8 Å². The maximum atomic E-state index is 5.57. The van der Waals surface area contributed by atoms with Crippen molar-refractivity contribution in [2.24, 2.45) is 0 Å². The van der Waals surface area contributed by atoms with Crippen LogP contribution >= 0.6 is 0 Å². The lowest BCUT2D eigenvalue weighted by atomic mass is 10.1. The van der Waals surface area contributed by atoms with E-state index in [1.165, 1.54) is 0 Å². The molecule has 19 heavy (non-hydrogen) atoms. The summed E-state index contributed by atoms with van der Waals surface area (Å²) in [5, 5.41) is 0. The van der Waals surface area contributed by atoms with Gasteiger partial charge >= 0.3 is 0 Å². The SMILES string of the molecule is CCOC(OCC)c1ccc(C#C[Si](C)(C)C)cc1. The highest BCUT2D eigenvalue weighted by Crippen LogP contribution is 2.19. The summed E-state index contributed by atoms with van der Waals surface area (Å²) in [5.74, 6) is 3.24. The van der Waals surface area contributed by atoms with E-state index in [0.29, 0.717) is 13.2 Å². The van der Waals surface area contributed by atoms with Crippen LogP contribution in [0.3, 0.4) is 0 Å². The molecule has 0 heterocycles. The molecule has 3 heteroatoms. The molecule has 0 saturated heterocycles. The first-order valence-electron chi connectivity index (χ1n) is 6.82. The number of benzene rings is 1. The summed E-state index contributed by atoms with van der Waals surface area (Å²) in [6.07, 6.45) is -0.269. The summed E-state index contributed by atoms with van der Waals surface area (Å²) >= 11 is 0. The Bertz CT molecular complexity index is 429. The first-order valence-corrected chi connectivity index (χ1v) is 10.3. The molecule has 0 bridgehead atoms.